The highest BCUT2D eigenvalue weighted by molar-refractivity contribution is 5.83. The number of hydrogen-bond donors (Lipinski definition) is 4. The van der Waals surface area contributed by atoms with E-state index >= 15 is 0 Å². The summed E-state index contributed by atoms with van der Waals surface area (Å²) in [6, 6.07) is -0.736. The Hall–Kier alpha value is -3.97. The number of unbranched alkanes of at least 4 members (excludes halogenated alkanes) is 5. The minimum atomic E-state index is -0.736. The van der Waals surface area contributed by atoms with E-state index in [4.69, 9.17) is 29.4 Å². The lowest BCUT2D eigenvalue weighted by Crippen LogP contribution is -2.41. The molecule has 0 saturated carbocycles. The number of carbonyl (C=O) groups excluding carboxylic acids is 3. The molecule has 78 heavy (non-hydrogen) atoms. The Kier molecular flexibility index (Phi) is 40.2. The van der Waals surface area contributed by atoms with Crippen molar-refractivity contribution in [1.29, 1.82) is 0 Å². The smallest absolute Gasteiger partial charge is 0.236 e. The second-order valence-electron chi connectivity index (χ2n) is 22.9. The fraction of sp³-hybridized carbons (Fsp3) is 0.742. The summed E-state index contributed by atoms with van der Waals surface area (Å²) in [7, 11) is 0. The number of benzene rings is 1. The van der Waals surface area contributed by atoms with Gasteiger partial charge in [-0.05, 0) is 146 Å². The maximum atomic E-state index is 12.6. The van der Waals surface area contributed by atoms with Crippen LogP contribution in [0.5, 0.6) is 11.5 Å². The van der Waals surface area contributed by atoms with Crippen molar-refractivity contribution in [2.24, 2.45) is 23.5 Å². The SMILES string of the molecule is CCC/C=C\C/C=C\C/C=C\C/C=C\CCCC(=O)NCCOCCOCCOCCNC(=O)CC[C@H](N)C(=O)NCCCCCCOc1c(C)c(C)c2c(c1C)CC[C@@](C)(CCC[C@H](C)CCC[C@H](C)CCCC(C)C)O2. The van der Waals surface area contributed by atoms with Gasteiger partial charge >= 0.3 is 0 Å². The largest absolute Gasteiger partial charge is 0.493 e. The Labute approximate surface area is 476 Å². The first-order chi connectivity index (χ1) is 37.7. The third-order valence-corrected chi connectivity index (χ3v) is 15.1. The molecule has 5 N–H and O–H groups in total. The predicted molar refractivity (Wildman–Crippen MR) is 325 cm³/mol. The normalized spacial score (nSPS) is 15.8. The van der Waals surface area contributed by atoms with Crippen molar-refractivity contribution in [3.05, 3.63) is 70.9 Å². The monoisotopic (exact) mass is 1090 g/mol. The molecule has 12 nitrogen and oxygen atoms in total. The molecule has 0 fully saturated rings. The number of nitrogens with one attached hydrogen (secondary N) is 3. The Morgan fingerprint density at radius 1 is 0.577 bits per heavy atom. The molecular formula is C66H114N4O8. The lowest BCUT2D eigenvalue weighted by Gasteiger charge is -2.38. The maximum Gasteiger partial charge on any atom is 0.236 e. The first kappa shape index (κ1) is 70.1. The van der Waals surface area contributed by atoms with Gasteiger partial charge in [-0.1, -0.05) is 147 Å². The standard InChI is InChI=1S/C66H114N4O8/c1-10-11-12-13-14-15-16-17-18-19-20-21-22-23-26-37-61(71)68-44-47-74-49-51-76-52-50-75-48-45-69-62(72)39-38-60(67)65(73)70-43-27-24-25-28-46-77-63-56(6)57(7)64-59(58(63)8)40-42-66(9,78-64)41-31-36-55(5)35-30-34-54(4)33-29-32-53(2)3/h12-13,15-16,18-19,21-22,53-55,60H,10-11,14,17,20,23-52,67H2,1-9H3,(H,68,71)(H,69,72)(H,70,73)/b13-12-,16-15-,19-18-,22-21-/t54-,55-,60+,66-/m1/s1. The van der Waals surface area contributed by atoms with E-state index in [1.807, 2.05) is 0 Å². The van der Waals surface area contributed by atoms with Crippen LogP contribution in [-0.4, -0.2) is 95.2 Å². The van der Waals surface area contributed by atoms with Crippen molar-refractivity contribution < 1.29 is 38.1 Å². The highest BCUT2D eigenvalue weighted by Crippen LogP contribution is 2.45. The molecule has 1 aromatic rings. The molecule has 446 valence electrons. The highest BCUT2D eigenvalue weighted by atomic mass is 16.5. The molecule has 1 aliphatic heterocycles. The Balaban J connectivity index is 1.43. The lowest BCUT2D eigenvalue weighted by molar-refractivity contribution is -0.124. The number of nitrogens with two attached hydrogens (primary N) is 1. The lowest BCUT2D eigenvalue weighted by atomic mass is 9.83. The van der Waals surface area contributed by atoms with Gasteiger partial charge in [0.1, 0.15) is 17.1 Å². The Morgan fingerprint density at radius 3 is 1.72 bits per heavy atom. The van der Waals surface area contributed by atoms with Gasteiger partial charge in [0.25, 0.3) is 0 Å². The fourth-order valence-corrected chi connectivity index (χ4v) is 9.83. The van der Waals surface area contributed by atoms with Gasteiger partial charge in [0.05, 0.1) is 52.3 Å². The minimum absolute atomic E-state index is 0.0404. The van der Waals surface area contributed by atoms with Crippen LogP contribution in [0.25, 0.3) is 0 Å². The molecule has 1 aromatic carbocycles. The molecule has 0 aliphatic carbocycles. The second kappa shape index (κ2) is 44.7. The van der Waals surface area contributed by atoms with Gasteiger partial charge in [-0.3, -0.25) is 14.4 Å². The van der Waals surface area contributed by atoms with Crippen molar-refractivity contribution in [1.82, 2.24) is 16.0 Å². The molecule has 0 aromatic heterocycles. The quantitative estimate of drug-likeness (QED) is 0.0368. The summed E-state index contributed by atoms with van der Waals surface area (Å²) < 4.78 is 30.0. The van der Waals surface area contributed by atoms with Gasteiger partial charge in [0.2, 0.25) is 17.7 Å². The molecule has 0 radical (unpaired) electrons. The molecule has 0 saturated heterocycles. The van der Waals surface area contributed by atoms with Crippen molar-refractivity contribution in [2.45, 2.75) is 234 Å². The van der Waals surface area contributed by atoms with E-state index in [-0.39, 0.29) is 36.2 Å². The Bertz CT molecular complexity index is 1880. The first-order valence-corrected chi connectivity index (χ1v) is 31.0. The van der Waals surface area contributed by atoms with E-state index in [2.05, 4.69) is 127 Å². The fourth-order valence-electron chi connectivity index (χ4n) is 9.83. The number of ether oxygens (including phenoxy) is 5. The molecule has 1 aliphatic rings. The van der Waals surface area contributed by atoms with Gasteiger partial charge in [-0.25, -0.2) is 0 Å². The van der Waals surface area contributed by atoms with Crippen LogP contribution in [0.3, 0.4) is 0 Å². The number of amides is 3. The average Bonchev–Trinajstić information content (AvgIpc) is 3.49. The predicted octanol–water partition coefficient (Wildman–Crippen LogP) is 13.9. The topological polar surface area (TPSA) is 159 Å². The zero-order valence-corrected chi connectivity index (χ0v) is 51.0. The first-order valence-electron chi connectivity index (χ1n) is 31.0. The summed E-state index contributed by atoms with van der Waals surface area (Å²) in [5, 5.41) is 8.65. The molecule has 2 rings (SSSR count). The number of fused-ring (bicyclic) bond motifs is 1. The summed E-state index contributed by atoms with van der Waals surface area (Å²) in [5.41, 5.74) is 10.9. The van der Waals surface area contributed by atoms with Crippen LogP contribution in [0.1, 0.15) is 218 Å². The van der Waals surface area contributed by atoms with Crippen molar-refractivity contribution in [3.63, 3.8) is 0 Å². The molecule has 4 atom stereocenters. The average molecular weight is 1090 g/mol. The van der Waals surface area contributed by atoms with E-state index in [9.17, 15) is 14.4 Å². The van der Waals surface area contributed by atoms with Gasteiger partial charge in [-0.2, -0.15) is 0 Å². The van der Waals surface area contributed by atoms with Gasteiger partial charge < -0.3 is 45.4 Å². The number of hydrogen-bond acceptors (Lipinski definition) is 9. The molecule has 1 heterocycles. The minimum Gasteiger partial charge on any atom is -0.493 e. The second-order valence-corrected chi connectivity index (χ2v) is 22.9. The van der Waals surface area contributed by atoms with Gasteiger partial charge in [0, 0.05) is 38.0 Å². The van der Waals surface area contributed by atoms with Crippen molar-refractivity contribution in [3.8, 4) is 11.5 Å². The van der Waals surface area contributed by atoms with Crippen LogP contribution in [-0.2, 0) is 35.0 Å². The molecule has 0 unspecified atom stereocenters. The summed E-state index contributed by atoms with van der Waals surface area (Å²) in [6.45, 7) is 25.1. The summed E-state index contributed by atoms with van der Waals surface area (Å²) in [4.78, 5) is 37.0. The van der Waals surface area contributed by atoms with Crippen molar-refractivity contribution >= 4 is 17.7 Å². The van der Waals surface area contributed by atoms with E-state index in [0.717, 1.165) is 113 Å². The van der Waals surface area contributed by atoms with Crippen LogP contribution in [0.2, 0.25) is 0 Å². The molecular weight excluding hydrogens is 977 g/mol. The van der Waals surface area contributed by atoms with E-state index in [1.54, 1.807) is 0 Å². The molecule has 12 heteroatoms. The number of allylic oxidation sites excluding steroid dienone is 8. The van der Waals surface area contributed by atoms with Gasteiger partial charge in [0.15, 0.2) is 0 Å². The number of carbonyl (C=O) groups is 3. The summed E-state index contributed by atoms with van der Waals surface area (Å²) in [6.07, 6.45) is 43.0. The maximum absolute atomic E-state index is 12.6. The highest BCUT2D eigenvalue weighted by Gasteiger charge is 2.34. The Morgan fingerprint density at radius 2 is 1.12 bits per heavy atom. The van der Waals surface area contributed by atoms with Crippen LogP contribution in [0, 0.1) is 38.5 Å². The molecule has 0 spiro atoms. The molecule has 3 amide bonds. The summed E-state index contributed by atoms with van der Waals surface area (Å²) >= 11 is 0. The van der Waals surface area contributed by atoms with Crippen molar-refractivity contribution in [2.75, 3.05) is 65.9 Å². The molecule has 0 bridgehead atoms. The summed E-state index contributed by atoms with van der Waals surface area (Å²) in [5.74, 6) is 4.19. The van der Waals surface area contributed by atoms with Crippen LogP contribution >= 0.6 is 0 Å². The van der Waals surface area contributed by atoms with Crippen LogP contribution in [0.15, 0.2) is 48.6 Å². The third-order valence-electron chi connectivity index (χ3n) is 15.1. The van der Waals surface area contributed by atoms with Crippen LogP contribution in [0.4, 0.5) is 0 Å². The van der Waals surface area contributed by atoms with E-state index < -0.39 is 6.04 Å². The van der Waals surface area contributed by atoms with E-state index in [1.165, 1.54) is 80.0 Å². The zero-order valence-electron chi connectivity index (χ0n) is 51.0. The zero-order chi connectivity index (χ0) is 57.1. The van der Waals surface area contributed by atoms with E-state index in [0.29, 0.717) is 72.3 Å². The number of rotatable bonds is 48. The third kappa shape index (κ3) is 34.2. The van der Waals surface area contributed by atoms with Gasteiger partial charge in [-0.15, -0.1) is 0 Å². The van der Waals surface area contributed by atoms with Crippen LogP contribution < -0.4 is 31.2 Å².